The Labute approximate surface area is 138 Å². The van der Waals surface area contributed by atoms with Gasteiger partial charge in [-0.1, -0.05) is 0 Å². The van der Waals surface area contributed by atoms with Crippen molar-refractivity contribution >= 4 is 11.8 Å². The van der Waals surface area contributed by atoms with Gasteiger partial charge in [-0.15, -0.1) is 0 Å². The van der Waals surface area contributed by atoms with Gasteiger partial charge in [0, 0.05) is 12.9 Å². The average Bonchev–Trinajstić information content (AvgIpc) is 2.81. The third-order valence-electron chi connectivity index (χ3n) is 3.99. The first-order chi connectivity index (χ1) is 10.9. The number of thioether (sulfide) groups is 1. The second-order valence-corrected chi connectivity index (χ2v) is 6.43. The maximum atomic E-state index is 10.2. The smallest absolute Gasteiger partial charge is 0.187 e. The Bertz CT molecular complexity index is 371. The van der Waals surface area contributed by atoms with E-state index in [2.05, 4.69) is 0 Å². The summed E-state index contributed by atoms with van der Waals surface area (Å²) in [5.41, 5.74) is 0. The molecule has 0 aliphatic carbocycles. The summed E-state index contributed by atoms with van der Waals surface area (Å²) < 4.78 is 21.2. The Morgan fingerprint density at radius 2 is 1.52 bits per heavy atom. The molecular weight excluding hydrogens is 332 g/mol. The molecule has 10 heteroatoms. The van der Waals surface area contributed by atoms with Gasteiger partial charge in [0.1, 0.15) is 36.6 Å². The van der Waals surface area contributed by atoms with E-state index in [0.717, 1.165) is 0 Å². The predicted octanol–water partition coefficient (Wildman–Crippen LogP) is -2.73. The summed E-state index contributed by atoms with van der Waals surface area (Å²) in [5.74, 6) is 0.458. The lowest BCUT2D eigenvalue weighted by Gasteiger charge is -2.42. The molecule has 3 unspecified atom stereocenters. The number of rotatable bonds is 6. The fourth-order valence-corrected chi connectivity index (χ4v) is 3.30. The molecule has 0 radical (unpaired) electrons. The zero-order chi connectivity index (χ0) is 17.1. The fourth-order valence-electron chi connectivity index (χ4n) is 2.70. The Morgan fingerprint density at radius 1 is 0.913 bits per heavy atom. The van der Waals surface area contributed by atoms with Gasteiger partial charge >= 0.3 is 0 Å². The van der Waals surface area contributed by atoms with Gasteiger partial charge in [0.15, 0.2) is 12.6 Å². The largest absolute Gasteiger partial charge is 0.394 e. The molecule has 2 saturated heterocycles. The van der Waals surface area contributed by atoms with Crippen LogP contribution in [0.3, 0.4) is 0 Å². The van der Waals surface area contributed by atoms with Gasteiger partial charge in [-0.2, -0.15) is 11.8 Å². The highest BCUT2D eigenvalue weighted by atomic mass is 32.2. The molecule has 0 spiro atoms. The van der Waals surface area contributed by atoms with Crippen molar-refractivity contribution in [2.75, 3.05) is 25.7 Å². The van der Waals surface area contributed by atoms with Crippen molar-refractivity contribution in [1.29, 1.82) is 0 Å². The average molecular weight is 356 g/mol. The minimum atomic E-state index is -1.42. The third-order valence-corrected chi connectivity index (χ3v) is 4.66. The fraction of sp³-hybridized carbons (Fsp3) is 1.00. The van der Waals surface area contributed by atoms with Gasteiger partial charge in [-0.05, 0) is 6.26 Å². The summed E-state index contributed by atoms with van der Waals surface area (Å²) >= 11 is 1.44. The Morgan fingerprint density at radius 3 is 2.09 bits per heavy atom. The number of ether oxygens (including phenoxy) is 4. The van der Waals surface area contributed by atoms with E-state index >= 15 is 0 Å². The normalized spacial score (nSPS) is 47.9. The lowest BCUT2D eigenvalue weighted by Crippen LogP contribution is -2.61. The first-order valence-corrected chi connectivity index (χ1v) is 8.65. The van der Waals surface area contributed by atoms with E-state index in [1.54, 1.807) is 0 Å². The maximum absolute atomic E-state index is 10.2. The molecule has 5 N–H and O–H groups in total. The van der Waals surface area contributed by atoms with E-state index in [9.17, 15) is 25.5 Å². The van der Waals surface area contributed by atoms with Crippen LogP contribution in [-0.4, -0.2) is 107 Å². The van der Waals surface area contributed by atoms with E-state index in [0.29, 0.717) is 5.75 Å². The first kappa shape index (κ1) is 19.3. The zero-order valence-corrected chi connectivity index (χ0v) is 13.7. The minimum Gasteiger partial charge on any atom is -0.394 e. The SMILES string of the molecule is CO[C@@H]1OC(CO)[C@H](O[C@@H]2O[C@H](CSC)C(O)[C@@H]2O)[C@H](O)C1O. The van der Waals surface area contributed by atoms with E-state index in [-0.39, 0.29) is 0 Å². The lowest BCUT2D eigenvalue weighted by molar-refractivity contribution is -0.325. The highest BCUT2D eigenvalue weighted by Crippen LogP contribution is 2.30. The molecule has 0 aromatic heterocycles. The van der Waals surface area contributed by atoms with Gasteiger partial charge < -0.3 is 44.5 Å². The third kappa shape index (κ3) is 3.98. The molecule has 2 rings (SSSR count). The number of methoxy groups -OCH3 is 1. The molecule has 9 nitrogen and oxygen atoms in total. The topological polar surface area (TPSA) is 138 Å². The van der Waals surface area contributed by atoms with Crippen molar-refractivity contribution in [2.24, 2.45) is 0 Å². The molecule has 0 amide bonds. The molecule has 136 valence electrons. The van der Waals surface area contributed by atoms with Gasteiger partial charge in [0.2, 0.25) is 0 Å². The molecule has 2 fully saturated rings. The molecule has 2 aliphatic heterocycles. The molecule has 0 bridgehead atoms. The van der Waals surface area contributed by atoms with Crippen LogP contribution >= 0.6 is 11.8 Å². The number of hydrogen-bond acceptors (Lipinski definition) is 10. The van der Waals surface area contributed by atoms with Crippen molar-refractivity contribution in [1.82, 2.24) is 0 Å². The molecule has 2 heterocycles. The summed E-state index contributed by atoms with van der Waals surface area (Å²) in [6.07, 6.45) is -8.47. The minimum absolute atomic E-state index is 0.458. The molecule has 9 atom stereocenters. The van der Waals surface area contributed by atoms with Crippen molar-refractivity contribution < 1.29 is 44.5 Å². The van der Waals surface area contributed by atoms with Crippen molar-refractivity contribution in [3.63, 3.8) is 0 Å². The van der Waals surface area contributed by atoms with E-state index in [1.807, 2.05) is 6.26 Å². The molecular formula is C13H24O9S. The van der Waals surface area contributed by atoms with Crippen LogP contribution in [0.25, 0.3) is 0 Å². The van der Waals surface area contributed by atoms with Gasteiger partial charge in [-0.25, -0.2) is 0 Å². The quantitative estimate of drug-likeness (QED) is 0.341. The molecule has 0 aromatic carbocycles. The highest BCUT2D eigenvalue weighted by Gasteiger charge is 2.50. The van der Waals surface area contributed by atoms with Crippen molar-refractivity contribution in [3.8, 4) is 0 Å². The molecule has 0 saturated carbocycles. The van der Waals surface area contributed by atoms with Crippen LogP contribution in [0, 0.1) is 0 Å². The summed E-state index contributed by atoms with van der Waals surface area (Å²) in [5, 5.41) is 49.4. The summed E-state index contributed by atoms with van der Waals surface area (Å²) in [7, 11) is 1.30. The predicted molar refractivity (Wildman–Crippen MR) is 78.7 cm³/mol. The van der Waals surface area contributed by atoms with Crippen LogP contribution in [0.1, 0.15) is 0 Å². The number of aliphatic hydroxyl groups is 5. The van der Waals surface area contributed by atoms with Crippen LogP contribution in [0.15, 0.2) is 0 Å². The Hall–Kier alpha value is -0.0100. The Kier molecular flexibility index (Phi) is 7.04. The van der Waals surface area contributed by atoms with Gasteiger partial charge in [0.05, 0.1) is 12.7 Å². The number of hydrogen-bond donors (Lipinski definition) is 5. The van der Waals surface area contributed by atoms with Gasteiger partial charge in [-0.3, -0.25) is 0 Å². The molecule has 2 aliphatic rings. The highest BCUT2D eigenvalue weighted by molar-refractivity contribution is 7.98. The van der Waals surface area contributed by atoms with Crippen LogP contribution in [0.2, 0.25) is 0 Å². The summed E-state index contributed by atoms with van der Waals surface area (Å²) in [6.45, 7) is -0.492. The van der Waals surface area contributed by atoms with E-state index in [1.165, 1.54) is 18.9 Å². The van der Waals surface area contributed by atoms with Crippen LogP contribution < -0.4 is 0 Å². The second-order valence-electron chi connectivity index (χ2n) is 5.52. The second kappa shape index (κ2) is 8.39. The van der Waals surface area contributed by atoms with Crippen LogP contribution in [0.5, 0.6) is 0 Å². The zero-order valence-electron chi connectivity index (χ0n) is 12.9. The number of aliphatic hydroxyl groups excluding tert-OH is 5. The van der Waals surface area contributed by atoms with E-state index in [4.69, 9.17) is 18.9 Å². The van der Waals surface area contributed by atoms with Gasteiger partial charge in [0.25, 0.3) is 0 Å². The summed E-state index contributed by atoms with van der Waals surface area (Å²) in [6, 6.07) is 0. The molecule has 0 aromatic rings. The van der Waals surface area contributed by atoms with Crippen molar-refractivity contribution in [3.05, 3.63) is 0 Å². The Balaban J connectivity index is 2.05. The van der Waals surface area contributed by atoms with Crippen LogP contribution in [-0.2, 0) is 18.9 Å². The maximum Gasteiger partial charge on any atom is 0.187 e. The molecule has 23 heavy (non-hydrogen) atoms. The standard InChI is InChI=1S/C13H24O9S/c1-19-12-10(18)8(16)11(5(3-14)20-12)22-13-9(17)7(15)6(21-13)4-23-2/h5-18H,3-4H2,1-2H3/t5?,6-,7?,8-,9+,10?,11+,12-,13+/m1/s1. The monoisotopic (exact) mass is 356 g/mol. The van der Waals surface area contributed by atoms with Crippen LogP contribution in [0.4, 0.5) is 0 Å². The first-order valence-electron chi connectivity index (χ1n) is 7.25. The lowest BCUT2D eigenvalue weighted by atomic mass is 9.99. The van der Waals surface area contributed by atoms with E-state index < -0.39 is 61.9 Å². The van der Waals surface area contributed by atoms with Crippen molar-refractivity contribution in [2.45, 2.75) is 55.3 Å². The summed E-state index contributed by atoms with van der Waals surface area (Å²) in [4.78, 5) is 0.